The Kier molecular flexibility index (Phi) is 24.5. The zero-order chi connectivity index (χ0) is 24.4. The minimum Gasteiger partial charge on any atom is -0.395 e. The maximum atomic E-state index is 11.8. The molecule has 196 valence electrons. The van der Waals surface area contributed by atoms with Crippen molar-refractivity contribution in [2.75, 3.05) is 45.9 Å². The van der Waals surface area contributed by atoms with E-state index in [0.717, 1.165) is 13.0 Å². The summed E-state index contributed by atoms with van der Waals surface area (Å²) in [6, 6.07) is 0. The number of aliphatic hydroxyl groups is 2. The first-order valence-electron chi connectivity index (χ1n) is 13.6. The predicted molar refractivity (Wildman–Crippen MR) is 136 cm³/mol. The lowest BCUT2D eigenvalue weighted by Crippen LogP contribution is -2.35. The van der Waals surface area contributed by atoms with Crippen molar-refractivity contribution >= 4 is 11.8 Å². The van der Waals surface area contributed by atoms with Crippen LogP contribution in [0.3, 0.4) is 0 Å². The molecule has 0 aromatic heterocycles. The molecule has 7 heteroatoms. The summed E-state index contributed by atoms with van der Waals surface area (Å²) in [5.74, 6) is -0.139. The largest absolute Gasteiger partial charge is 0.395 e. The molecule has 0 aliphatic rings. The Hall–Kier alpha value is -1.18. The molecule has 0 unspecified atom stereocenters. The van der Waals surface area contributed by atoms with E-state index in [0.29, 0.717) is 25.9 Å². The summed E-state index contributed by atoms with van der Waals surface area (Å²) < 4.78 is 0. The molecule has 0 fully saturated rings. The highest BCUT2D eigenvalue weighted by atomic mass is 16.3. The highest BCUT2D eigenvalue weighted by molar-refractivity contribution is 5.76. The summed E-state index contributed by atoms with van der Waals surface area (Å²) in [7, 11) is 0. The highest BCUT2D eigenvalue weighted by Crippen LogP contribution is 2.13. The van der Waals surface area contributed by atoms with Crippen molar-refractivity contribution in [3.8, 4) is 0 Å². The van der Waals surface area contributed by atoms with Gasteiger partial charge < -0.3 is 25.7 Å². The number of rotatable bonds is 25. The highest BCUT2D eigenvalue weighted by Gasteiger charge is 2.10. The second-order valence-electron chi connectivity index (χ2n) is 9.08. The molecule has 0 rings (SSSR count). The smallest absolute Gasteiger partial charge is 0.221 e. The number of carbonyl (C=O) groups excluding carboxylic acids is 2. The van der Waals surface area contributed by atoms with Crippen LogP contribution in [0.4, 0.5) is 0 Å². The quantitative estimate of drug-likeness (QED) is 0.152. The maximum absolute atomic E-state index is 11.8. The second kappa shape index (κ2) is 25.4. The Morgan fingerprint density at radius 2 is 0.939 bits per heavy atom. The van der Waals surface area contributed by atoms with Crippen LogP contribution < -0.4 is 10.6 Å². The van der Waals surface area contributed by atoms with E-state index in [1.165, 1.54) is 83.5 Å². The minimum atomic E-state index is -0.0697. The Balaban J connectivity index is 3.86. The van der Waals surface area contributed by atoms with Crippen LogP contribution in [0.25, 0.3) is 0 Å². The average Bonchev–Trinajstić information content (AvgIpc) is 2.82. The summed E-state index contributed by atoms with van der Waals surface area (Å²) >= 11 is 0. The van der Waals surface area contributed by atoms with Crippen molar-refractivity contribution < 1.29 is 19.8 Å². The summed E-state index contributed by atoms with van der Waals surface area (Å²) in [5.41, 5.74) is 0. The van der Waals surface area contributed by atoms with Gasteiger partial charge >= 0.3 is 0 Å². The minimum absolute atomic E-state index is 0.0560. The van der Waals surface area contributed by atoms with Gasteiger partial charge in [-0.2, -0.15) is 0 Å². The number of hydrogen-bond acceptors (Lipinski definition) is 5. The first-order valence-corrected chi connectivity index (χ1v) is 13.6. The molecular weight excluding hydrogens is 418 g/mol. The summed E-state index contributed by atoms with van der Waals surface area (Å²) in [6.07, 6.45) is 19.3. The first-order chi connectivity index (χ1) is 16.1. The van der Waals surface area contributed by atoms with Gasteiger partial charge in [-0.25, -0.2) is 0 Å². The number of carbonyl (C=O) groups is 2. The fourth-order valence-electron chi connectivity index (χ4n) is 3.95. The zero-order valence-corrected chi connectivity index (χ0v) is 21.4. The van der Waals surface area contributed by atoms with Gasteiger partial charge in [-0.3, -0.25) is 9.59 Å². The summed E-state index contributed by atoms with van der Waals surface area (Å²) in [5, 5.41) is 23.0. The van der Waals surface area contributed by atoms with Gasteiger partial charge in [0.1, 0.15) is 0 Å². The number of nitrogens with zero attached hydrogens (tertiary/aromatic N) is 1. The van der Waals surface area contributed by atoms with Crippen LogP contribution in [0.1, 0.15) is 110 Å². The van der Waals surface area contributed by atoms with Gasteiger partial charge in [0, 0.05) is 39.0 Å². The van der Waals surface area contributed by atoms with Gasteiger partial charge in [-0.1, -0.05) is 90.4 Å². The third-order valence-corrected chi connectivity index (χ3v) is 6.01. The van der Waals surface area contributed by atoms with Crippen LogP contribution >= 0.6 is 0 Å². The van der Waals surface area contributed by atoms with Crippen molar-refractivity contribution in [1.29, 1.82) is 0 Å². The Bertz CT molecular complexity index is 425. The Morgan fingerprint density at radius 3 is 1.30 bits per heavy atom. The van der Waals surface area contributed by atoms with Crippen molar-refractivity contribution in [3.63, 3.8) is 0 Å². The molecule has 0 saturated heterocycles. The van der Waals surface area contributed by atoms with Crippen LogP contribution in [-0.4, -0.2) is 72.9 Å². The first kappa shape index (κ1) is 31.8. The molecule has 0 spiro atoms. The molecule has 7 nitrogen and oxygen atoms in total. The maximum Gasteiger partial charge on any atom is 0.221 e. The third-order valence-electron chi connectivity index (χ3n) is 6.01. The zero-order valence-electron chi connectivity index (χ0n) is 21.4. The SMILES string of the molecule is CCCCCCCCCCCCCCCCN(CCC(=O)NCCO)CCC(=O)NCCO. The molecule has 33 heavy (non-hydrogen) atoms. The van der Waals surface area contributed by atoms with Gasteiger partial charge in [0.25, 0.3) is 0 Å². The van der Waals surface area contributed by atoms with Gasteiger partial charge in [-0.05, 0) is 13.0 Å². The molecule has 0 heterocycles. The monoisotopic (exact) mass is 471 g/mol. The summed E-state index contributed by atoms with van der Waals surface area (Å²) in [4.78, 5) is 25.8. The number of hydrogen-bond donors (Lipinski definition) is 4. The van der Waals surface area contributed by atoms with Gasteiger partial charge in [0.2, 0.25) is 11.8 Å². The Morgan fingerprint density at radius 1 is 0.576 bits per heavy atom. The van der Waals surface area contributed by atoms with E-state index < -0.39 is 0 Å². The van der Waals surface area contributed by atoms with Gasteiger partial charge in [-0.15, -0.1) is 0 Å². The van der Waals surface area contributed by atoms with E-state index in [4.69, 9.17) is 10.2 Å². The topological polar surface area (TPSA) is 102 Å². The van der Waals surface area contributed by atoms with Crippen LogP contribution in [0, 0.1) is 0 Å². The van der Waals surface area contributed by atoms with Crippen LogP contribution in [0.5, 0.6) is 0 Å². The van der Waals surface area contributed by atoms with E-state index in [2.05, 4.69) is 22.5 Å². The van der Waals surface area contributed by atoms with E-state index in [9.17, 15) is 9.59 Å². The fourth-order valence-corrected chi connectivity index (χ4v) is 3.95. The van der Waals surface area contributed by atoms with Crippen LogP contribution in [0.15, 0.2) is 0 Å². The molecule has 0 aromatic carbocycles. The van der Waals surface area contributed by atoms with Crippen molar-refractivity contribution in [2.45, 2.75) is 110 Å². The molecule has 2 amide bonds. The average molecular weight is 472 g/mol. The number of nitrogens with one attached hydrogen (secondary N) is 2. The molecule has 0 aromatic rings. The standard InChI is InChI=1S/C26H53N3O4/c1-2-3-4-5-6-7-8-9-10-11-12-13-14-15-20-29(21-16-25(32)27-18-23-30)22-17-26(33)28-19-24-31/h30-31H,2-24H2,1H3,(H,27,32)(H,28,33). The molecule has 0 bridgehead atoms. The molecule has 0 atom stereocenters. The lowest BCUT2D eigenvalue weighted by molar-refractivity contribution is -0.121. The molecule has 0 aliphatic carbocycles. The van der Waals surface area contributed by atoms with Crippen molar-refractivity contribution in [1.82, 2.24) is 15.5 Å². The van der Waals surface area contributed by atoms with Crippen LogP contribution in [-0.2, 0) is 9.59 Å². The van der Waals surface area contributed by atoms with Crippen molar-refractivity contribution in [3.05, 3.63) is 0 Å². The third kappa shape index (κ3) is 23.8. The molecule has 0 saturated carbocycles. The second-order valence-corrected chi connectivity index (χ2v) is 9.08. The molecular formula is C26H53N3O4. The van der Waals surface area contributed by atoms with E-state index in [-0.39, 0.29) is 38.1 Å². The van der Waals surface area contributed by atoms with Gasteiger partial charge in [0.05, 0.1) is 13.2 Å². The van der Waals surface area contributed by atoms with E-state index in [1.807, 2.05) is 0 Å². The normalized spacial score (nSPS) is 11.2. The van der Waals surface area contributed by atoms with Gasteiger partial charge in [0.15, 0.2) is 0 Å². The van der Waals surface area contributed by atoms with E-state index in [1.54, 1.807) is 0 Å². The number of unbranched alkanes of at least 4 members (excludes halogenated alkanes) is 13. The van der Waals surface area contributed by atoms with E-state index >= 15 is 0 Å². The molecule has 0 aliphatic heterocycles. The van der Waals surface area contributed by atoms with Crippen LogP contribution in [0.2, 0.25) is 0 Å². The molecule has 0 radical (unpaired) electrons. The predicted octanol–water partition coefficient (Wildman–Crippen LogP) is 3.77. The Labute approximate surface area is 203 Å². The number of amides is 2. The summed E-state index contributed by atoms with van der Waals surface area (Å²) in [6.45, 7) is 4.83. The lowest BCUT2D eigenvalue weighted by atomic mass is 10.0. The number of aliphatic hydroxyl groups excluding tert-OH is 2. The van der Waals surface area contributed by atoms with Crippen molar-refractivity contribution in [2.24, 2.45) is 0 Å². The molecule has 4 N–H and O–H groups in total. The fraction of sp³-hybridized carbons (Fsp3) is 0.923. The lowest BCUT2D eigenvalue weighted by Gasteiger charge is -2.22.